The van der Waals surface area contributed by atoms with E-state index in [0.717, 1.165) is 34.1 Å². The average Bonchev–Trinajstić information content (AvgIpc) is 3.15. The van der Waals surface area contributed by atoms with Crippen LogP contribution in [0.5, 0.6) is 0 Å². The van der Waals surface area contributed by atoms with Crippen molar-refractivity contribution < 1.29 is 0 Å². The summed E-state index contributed by atoms with van der Waals surface area (Å²) in [6, 6.07) is 16.3. The summed E-state index contributed by atoms with van der Waals surface area (Å²) in [6.07, 6.45) is 4.26. The summed E-state index contributed by atoms with van der Waals surface area (Å²) in [4.78, 5) is 22.9. The van der Waals surface area contributed by atoms with Gasteiger partial charge in [-0.05, 0) is 23.6 Å². The highest BCUT2D eigenvalue weighted by molar-refractivity contribution is 6.01. The third-order valence-electron chi connectivity index (χ3n) is 4.34. The third-order valence-corrected chi connectivity index (χ3v) is 4.34. The molecule has 24 heavy (non-hydrogen) atoms. The molecule has 0 atom stereocenters. The van der Waals surface area contributed by atoms with Gasteiger partial charge in [0, 0.05) is 16.5 Å². The molecule has 0 amide bonds. The fraction of sp³-hybridized carbons (Fsp3) is 0.100. The van der Waals surface area contributed by atoms with Crippen LogP contribution in [0.4, 0.5) is 0 Å². The molecule has 0 bridgehead atoms. The molecule has 0 aliphatic rings. The molecule has 0 fully saturated rings. The molecule has 0 aliphatic heterocycles. The van der Waals surface area contributed by atoms with Gasteiger partial charge >= 0.3 is 0 Å². The summed E-state index contributed by atoms with van der Waals surface area (Å²) in [5, 5.41) is 1.02. The number of benzene rings is 2. The first-order valence-electron chi connectivity index (χ1n) is 8.01. The first-order valence-corrected chi connectivity index (χ1v) is 8.01. The molecule has 4 aromatic rings. The number of aromatic amines is 2. The Labute approximate surface area is 139 Å². The number of fused-ring (bicyclic) bond motifs is 1. The molecule has 2 heterocycles. The number of nitrogens with one attached hydrogen (secondary N) is 2. The molecule has 4 nitrogen and oxygen atoms in total. The summed E-state index contributed by atoms with van der Waals surface area (Å²) in [6.45, 7) is 2.13. The van der Waals surface area contributed by atoms with Gasteiger partial charge < -0.3 is 9.97 Å². The van der Waals surface area contributed by atoms with Gasteiger partial charge in [0.05, 0.1) is 23.8 Å². The molecule has 118 valence electrons. The van der Waals surface area contributed by atoms with Crippen LogP contribution in [0.3, 0.4) is 0 Å². The number of para-hydroxylation sites is 1. The minimum atomic E-state index is -0.118. The Morgan fingerprint density at radius 3 is 2.50 bits per heavy atom. The maximum Gasteiger partial charge on any atom is 0.258 e. The van der Waals surface area contributed by atoms with Gasteiger partial charge in [-0.1, -0.05) is 49.4 Å². The van der Waals surface area contributed by atoms with Gasteiger partial charge in [-0.3, -0.25) is 4.79 Å². The normalized spacial score (nSPS) is 11.0. The van der Waals surface area contributed by atoms with Crippen LogP contribution in [0.2, 0.25) is 0 Å². The highest BCUT2D eigenvalue weighted by Gasteiger charge is 2.17. The second-order valence-corrected chi connectivity index (χ2v) is 5.77. The summed E-state index contributed by atoms with van der Waals surface area (Å²) < 4.78 is 0. The summed E-state index contributed by atoms with van der Waals surface area (Å²) >= 11 is 0. The molecule has 4 heteroatoms. The number of rotatable bonds is 3. The molecule has 0 unspecified atom stereocenters. The lowest BCUT2D eigenvalue weighted by Crippen LogP contribution is -2.11. The van der Waals surface area contributed by atoms with E-state index in [0.29, 0.717) is 5.56 Å². The van der Waals surface area contributed by atoms with Crippen molar-refractivity contribution in [2.45, 2.75) is 13.3 Å². The maximum atomic E-state index is 12.7. The lowest BCUT2D eigenvalue weighted by Gasteiger charge is -2.12. The van der Waals surface area contributed by atoms with Crippen LogP contribution in [0.15, 0.2) is 65.8 Å². The number of hydrogen-bond donors (Lipinski definition) is 2. The molecule has 2 aromatic carbocycles. The van der Waals surface area contributed by atoms with Gasteiger partial charge in [-0.2, -0.15) is 0 Å². The van der Waals surface area contributed by atoms with Crippen molar-refractivity contribution in [2.24, 2.45) is 0 Å². The molecule has 0 radical (unpaired) electrons. The van der Waals surface area contributed by atoms with E-state index in [2.05, 4.69) is 46.1 Å². The molecule has 0 aliphatic carbocycles. The highest BCUT2D eigenvalue weighted by atomic mass is 16.1. The monoisotopic (exact) mass is 315 g/mol. The smallest absolute Gasteiger partial charge is 0.258 e. The predicted octanol–water partition coefficient (Wildman–Crippen LogP) is 4.15. The number of H-pyrrole nitrogens is 2. The largest absolute Gasteiger partial charge is 0.344 e. The Bertz CT molecular complexity index is 1040. The second kappa shape index (κ2) is 5.81. The van der Waals surface area contributed by atoms with Gasteiger partial charge in [0.2, 0.25) is 0 Å². The van der Waals surface area contributed by atoms with Crippen LogP contribution in [0.25, 0.3) is 33.3 Å². The predicted molar refractivity (Wildman–Crippen MR) is 97.0 cm³/mol. The van der Waals surface area contributed by atoms with Crippen LogP contribution in [-0.4, -0.2) is 15.0 Å². The van der Waals surface area contributed by atoms with Crippen molar-refractivity contribution in [2.75, 3.05) is 0 Å². The minimum absolute atomic E-state index is 0.118. The van der Waals surface area contributed by atoms with Crippen LogP contribution >= 0.6 is 0 Å². The van der Waals surface area contributed by atoms with E-state index in [4.69, 9.17) is 0 Å². The Morgan fingerprint density at radius 2 is 1.79 bits per heavy atom. The van der Waals surface area contributed by atoms with Gasteiger partial charge in [-0.25, -0.2) is 4.98 Å². The second-order valence-electron chi connectivity index (χ2n) is 5.77. The molecule has 0 saturated heterocycles. The van der Waals surface area contributed by atoms with Gasteiger partial charge in [-0.15, -0.1) is 0 Å². The number of pyridine rings is 1. The minimum Gasteiger partial charge on any atom is -0.344 e. The zero-order valence-corrected chi connectivity index (χ0v) is 13.3. The molecule has 2 N–H and O–H groups in total. The van der Waals surface area contributed by atoms with Gasteiger partial charge in [0.15, 0.2) is 0 Å². The van der Waals surface area contributed by atoms with Crippen LogP contribution in [-0.2, 0) is 6.42 Å². The zero-order chi connectivity index (χ0) is 16.5. The van der Waals surface area contributed by atoms with E-state index >= 15 is 0 Å². The SMILES string of the molecule is CCc1ccc(-c2c(-c3cnc[nH]3)c(=O)[nH]c3ccccc23)cc1. The van der Waals surface area contributed by atoms with Crippen LogP contribution in [0.1, 0.15) is 12.5 Å². The molecular weight excluding hydrogens is 298 g/mol. The fourth-order valence-electron chi connectivity index (χ4n) is 3.10. The van der Waals surface area contributed by atoms with E-state index in [1.807, 2.05) is 24.3 Å². The number of imidazole rings is 1. The number of nitrogens with zero attached hydrogens (tertiary/aromatic N) is 1. The fourth-order valence-corrected chi connectivity index (χ4v) is 3.10. The van der Waals surface area contributed by atoms with Crippen LogP contribution < -0.4 is 5.56 Å². The average molecular weight is 315 g/mol. The third kappa shape index (κ3) is 2.33. The Balaban J connectivity index is 2.10. The quantitative estimate of drug-likeness (QED) is 0.596. The van der Waals surface area contributed by atoms with Crippen molar-refractivity contribution in [3.05, 3.63) is 77.0 Å². The zero-order valence-electron chi connectivity index (χ0n) is 13.3. The Morgan fingerprint density at radius 1 is 1.00 bits per heavy atom. The van der Waals surface area contributed by atoms with Crippen molar-refractivity contribution >= 4 is 10.9 Å². The van der Waals surface area contributed by atoms with Crippen molar-refractivity contribution in [3.63, 3.8) is 0 Å². The van der Waals surface area contributed by atoms with E-state index in [9.17, 15) is 4.79 Å². The molecule has 2 aromatic heterocycles. The molecule has 0 saturated carbocycles. The lowest BCUT2D eigenvalue weighted by molar-refractivity contribution is 1.14. The Kier molecular flexibility index (Phi) is 3.50. The topological polar surface area (TPSA) is 61.5 Å². The van der Waals surface area contributed by atoms with Gasteiger partial charge in [0.25, 0.3) is 5.56 Å². The molecule has 4 rings (SSSR count). The number of aromatic nitrogens is 3. The van der Waals surface area contributed by atoms with Crippen molar-refractivity contribution in [1.82, 2.24) is 15.0 Å². The van der Waals surface area contributed by atoms with E-state index in [-0.39, 0.29) is 5.56 Å². The highest BCUT2D eigenvalue weighted by Crippen LogP contribution is 2.34. The number of aryl methyl sites for hydroxylation is 1. The first-order chi connectivity index (χ1) is 11.8. The lowest BCUT2D eigenvalue weighted by atomic mass is 9.94. The Hall–Kier alpha value is -3.14. The summed E-state index contributed by atoms with van der Waals surface area (Å²) in [7, 11) is 0. The summed E-state index contributed by atoms with van der Waals surface area (Å²) in [5.74, 6) is 0. The van der Waals surface area contributed by atoms with Gasteiger partial charge in [0.1, 0.15) is 0 Å². The molecular formula is C20H17N3O. The number of hydrogen-bond acceptors (Lipinski definition) is 2. The van der Waals surface area contributed by atoms with E-state index in [1.54, 1.807) is 12.5 Å². The first kappa shape index (κ1) is 14.5. The van der Waals surface area contributed by atoms with Crippen molar-refractivity contribution in [3.8, 4) is 22.4 Å². The summed E-state index contributed by atoms with van der Waals surface area (Å²) in [5.41, 5.74) is 5.29. The van der Waals surface area contributed by atoms with Crippen molar-refractivity contribution in [1.29, 1.82) is 0 Å². The van der Waals surface area contributed by atoms with E-state index in [1.165, 1.54) is 5.56 Å². The standard InChI is InChI=1S/C20H17N3O/c1-2-13-7-9-14(10-8-13)18-15-5-3-4-6-16(15)23-20(24)19(18)17-11-21-12-22-17/h3-12H,2H2,1H3,(H,21,22)(H,23,24). The maximum absolute atomic E-state index is 12.7. The molecule has 0 spiro atoms. The van der Waals surface area contributed by atoms with Crippen LogP contribution in [0, 0.1) is 0 Å². The van der Waals surface area contributed by atoms with E-state index < -0.39 is 0 Å².